The van der Waals surface area contributed by atoms with E-state index in [9.17, 15) is 0 Å². The molecule has 0 unspecified atom stereocenters. The highest BCUT2D eigenvalue weighted by Crippen LogP contribution is 2.17. The van der Waals surface area contributed by atoms with Gasteiger partial charge in [0.25, 0.3) is 0 Å². The molecule has 0 bridgehead atoms. The van der Waals surface area contributed by atoms with Crippen LogP contribution in [0.2, 0.25) is 5.02 Å². The van der Waals surface area contributed by atoms with Crippen molar-refractivity contribution < 1.29 is 0 Å². The van der Waals surface area contributed by atoms with Crippen LogP contribution in [0, 0.1) is 0 Å². The molecule has 0 spiro atoms. The van der Waals surface area contributed by atoms with Gasteiger partial charge in [0.2, 0.25) is 0 Å². The number of nitrogen functional groups attached to an aromatic ring is 1. The van der Waals surface area contributed by atoms with Gasteiger partial charge in [-0.2, -0.15) is 0 Å². The van der Waals surface area contributed by atoms with Crippen LogP contribution in [0.1, 0.15) is 24.7 Å². The van der Waals surface area contributed by atoms with E-state index in [0.717, 1.165) is 35.1 Å². The molecule has 4 N–H and O–H groups in total. The molecule has 2 aromatic rings. The van der Waals surface area contributed by atoms with Gasteiger partial charge in [-0.25, -0.2) is 15.8 Å². The van der Waals surface area contributed by atoms with Crippen LogP contribution in [0.15, 0.2) is 30.3 Å². The number of hydrogen-bond acceptors (Lipinski definition) is 5. The largest absolute Gasteiger partial charge is 0.366 e. The summed E-state index contributed by atoms with van der Waals surface area (Å²) in [6.07, 6.45) is 1.80. The Hall–Kier alpha value is -1.85. The molecular weight excluding hydrogens is 274 g/mol. The van der Waals surface area contributed by atoms with E-state index in [0.29, 0.717) is 12.4 Å². The molecule has 0 fully saturated rings. The summed E-state index contributed by atoms with van der Waals surface area (Å²) in [7, 11) is 0. The van der Waals surface area contributed by atoms with Gasteiger partial charge < -0.3 is 10.7 Å². The van der Waals surface area contributed by atoms with Crippen molar-refractivity contribution in [1.82, 2.24) is 9.97 Å². The summed E-state index contributed by atoms with van der Waals surface area (Å²) < 4.78 is 0. The zero-order valence-electron chi connectivity index (χ0n) is 11.4. The fourth-order valence-electron chi connectivity index (χ4n) is 1.82. The van der Waals surface area contributed by atoms with Gasteiger partial charge in [0.15, 0.2) is 0 Å². The van der Waals surface area contributed by atoms with Crippen molar-refractivity contribution in [3.8, 4) is 0 Å². The number of nitrogens with zero attached hydrogens (tertiary/aromatic N) is 2. The van der Waals surface area contributed by atoms with Gasteiger partial charge in [-0.1, -0.05) is 36.7 Å². The van der Waals surface area contributed by atoms with E-state index in [1.54, 1.807) is 6.07 Å². The second kappa shape index (κ2) is 7.07. The molecule has 6 heteroatoms. The summed E-state index contributed by atoms with van der Waals surface area (Å²) >= 11 is 6.12. The molecule has 0 aliphatic rings. The molecule has 1 aromatic heterocycles. The smallest absolute Gasteiger partial charge is 0.145 e. The van der Waals surface area contributed by atoms with Crippen LogP contribution >= 0.6 is 11.6 Å². The van der Waals surface area contributed by atoms with Crippen LogP contribution in [0.25, 0.3) is 0 Å². The first kappa shape index (κ1) is 14.6. The standard InChI is InChI=1S/C14H18ClN5/c1-2-5-12-18-13(8-14(19-12)20-16)17-9-10-6-3-4-7-11(10)15/h3-4,6-8H,2,5,9,16H2,1H3,(H2,17,18,19,20). The number of rotatable bonds is 6. The Morgan fingerprint density at radius 2 is 1.95 bits per heavy atom. The normalized spacial score (nSPS) is 10.3. The second-order valence-corrected chi connectivity index (χ2v) is 4.80. The zero-order chi connectivity index (χ0) is 14.4. The Kier molecular flexibility index (Phi) is 5.15. The van der Waals surface area contributed by atoms with Crippen LogP contribution in [-0.4, -0.2) is 9.97 Å². The van der Waals surface area contributed by atoms with Gasteiger partial charge in [0.05, 0.1) is 0 Å². The molecule has 1 aromatic carbocycles. The van der Waals surface area contributed by atoms with Crippen molar-refractivity contribution in [1.29, 1.82) is 0 Å². The summed E-state index contributed by atoms with van der Waals surface area (Å²) in [4.78, 5) is 8.76. The van der Waals surface area contributed by atoms with Crippen LogP contribution in [0.4, 0.5) is 11.6 Å². The zero-order valence-corrected chi connectivity index (χ0v) is 12.1. The number of hydrogen-bond donors (Lipinski definition) is 3. The maximum absolute atomic E-state index is 6.12. The average molecular weight is 292 g/mol. The molecule has 0 aliphatic carbocycles. The number of benzene rings is 1. The third kappa shape index (κ3) is 3.82. The number of nitrogens with two attached hydrogens (primary N) is 1. The maximum atomic E-state index is 6.12. The van der Waals surface area contributed by atoms with E-state index in [1.807, 2.05) is 24.3 Å². The first-order valence-corrected chi connectivity index (χ1v) is 6.92. The second-order valence-electron chi connectivity index (χ2n) is 4.39. The molecule has 0 saturated heterocycles. The minimum absolute atomic E-state index is 0.602. The van der Waals surface area contributed by atoms with Crippen LogP contribution < -0.4 is 16.6 Å². The van der Waals surface area contributed by atoms with Crippen LogP contribution in [0.3, 0.4) is 0 Å². The third-order valence-corrected chi connectivity index (χ3v) is 3.18. The Bertz CT molecular complexity index is 573. The van der Waals surface area contributed by atoms with Gasteiger partial charge in [-0.3, -0.25) is 0 Å². The third-order valence-electron chi connectivity index (χ3n) is 2.81. The first-order valence-electron chi connectivity index (χ1n) is 6.54. The number of halogens is 1. The quantitative estimate of drug-likeness (QED) is 0.563. The summed E-state index contributed by atoms with van der Waals surface area (Å²) in [6, 6.07) is 9.49. The molecule has 1 heterocycles. The minimum Gasteiger partial charge on any atom is -0.366 e. The van der Waals surface area contributed by atoms with Gasteiger partial charge in [0, 0.05) is 24.1 Å². The number of hydrazine groups is 1. The molecule has 5 nitrogen and oxygen atoms in total. The topological polar surface area (TPSA) is 75.9 Å². The lowest BCUT2D eigenvalue weighted by Crippen LogP contribution is -2.12. The number of aromatic nitrogens is 2. The molecule has 0 radical (unpaired) electrons. The molecule has 0 aliphatic heterocycles. The minimum atomic E-state index is 0.602. The van der Waals surface area contributed by atoms with Crippen molar-refractivity contribution >= 4 is 23.2 Å². The van der Waals surface area contributed by atoms with Crippen molar-refractivity contribution in [3.63, 3.8) is 0 Å². The monoisotopic (exact) mass is 291 g/mol. The predicted octanol–water partition coefficient (Wildman–Crippen LogP) is 2.98. The highest BCUT2D eigenvalue weighted by Gasteiger charge is 2.04. The molecule has 0 amide bonds. The number of aryl methyl sites for hydroxylation is 1. The van der Waals surface area contributed by atoms with Gasteiger partial charge in [-0.05, 0) is 18.1 Å². The summed E-state index contributed by atoms with van der Waals surface area (Å²) in [5, 5.41) is 3.98. The SMILES string of the molecule is CCCc1nc(NN)cc(NCc2ccccc2Cl)n1. The van der Waals surface area contributed by atoms with Crippen molar-refractivity contribution in [2.75, 3.05) is 10.7 Å². The van der Waals surface area contributed by atoms with E-state index in [4.69, 9.17) is 17.4 Å². The Morgan fingerprint density at radius 1 is 1.20 bits per heavy atom. The van der Waals surface area contributed by atoms with Crippen LogP contribution in [-0.2, 0) is 13.0 Å². The van der Waals surface area contributed by atoms with Crippen molar-refractivity contribution in [2.24, 2.45) is 5.84 Å². The number of anilines is 2. The molecular formula is C14H18ClN5. The molecule has 0 atom stereocenters. The first-order chi connectivity index (χ1) is 9.72. The Labute approximate surface area is 123 Å². The average Bonchev–Trinajstić information content (AvgIpc) is 2.46. The van der Waals surface area contributed by atoms with Gasteiger partial charge in [-0.15, -0.1) is 0 Å². The summed E-state index contributed by atoms with van der Waals surface area (Å²) in [6.45, 7) is 2.69. The van der Waals surface area contributed by atoms with E-state index < -0.39 is 0 Å². The molecule has 2 rings (SSSR count). The summed E-state index contributed by atoms with van der Waals surface area (Å²) in [5.41, 5.74) is 3.58. The number of nitrogens with one attached hydrogen (secondary N) is 2. The van der Waals surface area contributed by atoms with E-state index >= 15 is 0 Å². The predicted molar refractivity (Wildman–Crippen MR) is 82.6 cm³/mol. The van der Waals surface area contributed by atoms with Crippen molar-refractivity contribution in [2.45, 2.75) is 26.3 Å². The molecule has 106 valence electrons. The fourth-order valence-corrected chi connectivity index (χ4v) is 2.03. The highest BCUT2D eigenvalue weighted by atomic mass is 35.5. The van der Waals surface area contributed by atoms with Crippen LogP contribution in [0.5, 0.6) is 0 Å². The van der Waals surface area contributed by atoms with E-state index in [1.165, 1.54) is 0 Å². The highest BCUT2D eigenvalue weighted by molar-refractivity contribution is 6.31. The Morgan fingerprint density at radius 3 is 2.65 bits per heavy atom. The maximum Gasteiger partial charge on any atom is 0.145 e. The fraction of sp³-hybridized carbons (Fsp3) is 0.286. The Balaban J connectivity index is 2.12. The van der Waals surface area contributed by atoms with Crippen molar-refractivity contribution in [3.05, 3.63) is 46.7 Å². The summed E-state index contributed by atoms with van der Waals surface area (Å²) in [5.74, 6) is 7.53. The molecule has 0 saturated carbocycles. The lowest BCUT2D eigenvalue weighted by molar-refractivity contribution is 0.834. The van der Waals surface area contributed by atoms with E-state index in [-0.39, 0.29) is 0 Å². The lowest BCUT2D eigenvalue weighted by atomic mass is 10.2. The van der Waals surface area contributed by atoms with Gasteiger partial charge in [0.1, 0.15) is 17.5 Å². The lowest BCUT2D eigenvalue weighted by Gasteiger charge is -2.10. The van der Waals surface area contributed by atoms with E-state index in [2.05, 4.69) is 27.6 Å². The van der Waals surface area contributed by atoms with Gasteiger partial charge >= 0.3 is 0 Å². The molecule has 20 heavy (non-hydrogen) atoms.